The number of nitro groups is 1. The fourth-order valence-electron chi connectivity index (χ4n) is 3.52. The van der Waals surface area contributed by atoms with Gasteiger partial charge in [-0.3, -0.25) is 14.9 Å². The number of aryl methyl sites for hydroxylation is 1. The highest BCUT2D eigenvalue weighted by Gasteiger charge is 2.29. The summed E-state index contributed by atoms with van der Waals surface area (Å²) in [6, 6.07) is 12.3. The summed E-state index contributed by atoms with van der Waals surface area (Å²) >= 11 is 1.28. The predicted octanol–water partition coefficient (Wildman–Crippen LogP) is 3.40. The molecule has 4 rings (SSSR count). The third kappa shape index (κ3) is 4.02. The van der Waals surface area contributed by atoms with Gasteiger partial charge in [-0.05, 0) is 48.0 Å². The number of amidine groups is 1. The van der Waals surface area contributed by atoms with Crippen molar-refractivity contribution < 1.29 is 14.8 Å². The number of nitrogens with zero attached hydrogens (tertiary/aromatic N) is 4. The van der Waals surface area contributed by atoms with E-state index in [-0.39, 0.29) is 5.91 Å². The average molecular weight is 424 g/mol. The van der Waals surface area contributed by atoms with Crippen LogP contribution >= 0.6 is 11.8 Å². The summed E-state index contributed by atoms with van der Waals surface area (Å²) in [7, 11) is 0. The molecule has 154 valence electrons. The molecule has 2 aliphatic rings. The molecular formula is C21H20N4O4S. The van der Waals surface area contributed by atoms with E-state index in [0.717, 1.165) is 26.2 Å². The van der Waals surface area contributed by atoms with Gasteiger partial charge in [0.15, 0.2) is 10.9 Å². The summed E-state index contributed by atoms with van der Waals surface area (Å²) in [5.74, 6) is -0.761. The van der Waals surface area contributed by atoms with Crippen LogP contribution in [-0.2, 0) is 4.79 Å². The van der Waals surface area contributed by atoms with Gasteiger partial charge in [-0.15, -0.1) is 0 Å². The van der Waals surface area contributed by atoms with Gasteiger partial charge in [0.05, 0.1) is 9.83 Å². The summed E-state index contributed by atoms with van der Waals surface area (Å²) in [5, 5.41) is 21.2. The first-order valence-electron chi connectivity index (χ1n) is 9.48. The predicted molar refractivity (Wildman–Crippen MR) is 118 cm³/mol. The van der Waals surface area contributed by atoms with E-state index in [4.69, 9.17) is 0 Å². The zero-order valence-corrected chi connectivity index (χ0v) is 17.1. The number of para-hydroxylation sites is 1. The minimum absolute atomic E-state index is 0.355. The number of aromatic hydroxyl groups is 1. The first-order chi connectivity index (χ1) is 14.4. The van der Waals surface area contributed by atoms with Crippen LogP contribution in [0.2, 0.25) is 0 Å². The van der Waals surface area contributed by atoms with Crippen LogP contribution in [0.25, 0.3) is 6.08 Å². The van der Waals surface area contributed by atoms with E-state index in [2.05, 4.69) is 33.8 Å². The number of hydrogen-bond acceptors (Lipinski definition) is 7. The van der Waals surface area contributed by atoms with Gasteiger partial charge in [0.1, 0.15) is 0 Å². The number of phenolic OH excluding ortho intramolecular Hbond substituents is 1. The Morgan fingerprint density at radius 3 is 2.53 bits per heavy atom. The third-order valence-electron chi connectivity index (χ3n) is 5.11. The van der Waals surface area contributed by atoms with E-state index in [1.165, 1.54) is 41.2 Å². The molecule has 1 amide bonds. The zero-order valence-electron chi connectivity index (χ0n) is 16.3. The first kappa shape index (κ1) is 20.0. The van der Waals surface area contributed by atoms with Crippen molar-refractivity contribution in [1.29, 1.82) is 0 Å². The molecule has 0 radical (unpaired) electrons. The highest BCUT2D eigenvalue weighted by atomic mass is 32.2. The normalized spacial score (nSPS) is 18.1. The maximum absolute atomic E-state index is 12.4. The minimum atomic E-state index is -0.656. The van der Waals surface area contributed by atoms with Crippen molar-refractivity contribution in [1.82, 2.24) is 4.90 Å². The number of rotatable bonds is 3. The van der Waals surface area contributed by atoms with Gasteiger partial charge < -0.3 is 14.9 Å². The van der Waals surface area contributed by atoms with Crippen LogP contribution in [0.5, 0.6) is 5.75 Å². The average Bonchev–Trinajstić information content (AvgIpc) is 3.10. The Kier molecular flexibility index (Phi) is 5.45. The van der Waals surface area contributed by atoms with Crippen molar-refractivity contribution in [2.24, 2.45) is 4.99 Å². The number of carbonyl (C=O) groups is 1. The Morgan fingerprint density at radius 2 is 1.83 bits per heavy atom. The lowest BCUT2D eigenvalue weighted by Gasteiger charge is -2.37. The van der Waals surface area contributed by atoms with E-state index in [1.807, 2.05) is 12.1 Å². The fraction of sp³-hybridized carbons (Fsp3) is 0.238. The van der Waals surface area contributed by atoms with Crippen LogP contribution < -0.4 is 4.90 Å². The van der Waals surface area contributed by atoms with Gasteiger partial charge in [-0.1, -0.05) is 24.3 Å². The summed E-state index contributed by atoms with van der Waals surface area (Å²) < 4.78 is 0. The van der Waals surface area contributed by atoms with Crippen LogP contribution in [0.4, 0.5) is 11.4 Å². The first-order valence-corrected chi connectivity index (χ1v) is 10.3. The molecule has 1 fully saturated rings. The lowest BCUT2D eigenvalue weighted by Crippen LogP contribution is -2.48. The SMILES string of the molecule is Cc1ccccc1N1CCN(C2=NC(=O)/C(=C/c3ccc(O)c([N+](=O)[O-])c3)S2)CC1. The number of hydrogen-bond donors (Lipinski definition) is 1. The second kappa shape index (κ2) is 8.19. The Hall–Kier alpha value is -3.33. The molecule has 0 spiro atoms. The summed E-state index contributed by atoms with van der Waals surface area (Å²) in [6.45, 7) is 5.28. The zero-order chi connectivity index (χ0) is 21.3. The molecule has 2 aromatic rings. The molecule has 1 N–H and O–H groups in total. The minimum Gasteiger partial charge on any atom is -0.502 e. The van der Waals surface area contributed by atoms with Crippen LogP contribution in [0.15, 0.2) is 52.4 Å². The number of carbonyl (C=O) groups excluding carboxylic acids is 1. The number of thioether (sulfide) groups is 1. The van der Waals surface area contributed by atoms with Gasteiger partial charge in [-0.2, -0.15) is 4.99 Å². The molecule has 0 saturated carbocycles. The van der Waals surface area contributed by atoms with Crippen LogP contribution in [0.1, 0.15) is 11.1 Å². The Morgan fingerprint density at radius 1 is 1.13 bits per heavy atom. The topological polar surface area (TPSA) is 99.3 Å². The van der Waals surface area contributed by atoms with Crippen molar-refractivity contribution in [2.75, 3.05) is 31.1 Å². The standard InChI is InChI=1S/C21H20N4O4S/c1-14-4-2-3-5-16(14)23-8-10-24(11-9-23)21-22-20(27)19(30-21)13-15-6-7-18(26)17(12-15)25(28)29/h2-7,12-13,26H,8-11H2,1H3/b19-13-. The van der Waals surface area contributed by atoms with Crippen molar-refractivity contribution in [3.8, 4) is 5.75 Å². The maximum atomic E-state index is 12.4. The number of anilines is 1. The molecule has 2 aliphatic heterocycles. The monoisotopic (exact) mass is 424 g/mol. The molecule has 0 atom stereocenters. The molecule has 0 aliphatic carbocycles. The van der Waals surface area contributed by atoms with Crippen molar-refractivity contribution in [2.45, 2.75) is 6.92 Å². The fourth-order valence-corrected chi connectivity index (χ4v) is 4.48. The van der Waals surface area contributed by atoms with Crippen LogP contribution in [0.3, 0.4) is 0 Å². The maximum Gasteiger partial charge on any atom is 0.311 e. The number of aliphatic imine (C=N–C) groups is 1. The number of phenols is 1. The smallest absolute Gasteiger partial charge is 0.311 e. The van der Waals surface area contributed by atoms with E-state index in [0.29, 0.717) is 15.6 Å². The molecule has 0 bridgehead atoms. The molecule has 0 unspecified atom stereocenters. The van der Waals surface area contributed by atoms with E-state index < -0.39 is 16.4 Å². The second-order valence-corrected chi connectivity index (χ2v) is 8.09. The Balaban J connectivity index is 1.44. The molecule has 2 heterocycles. The van der Waals surface area contributed by atoms with Gasteiger partial charge >= 0.3 is 5.69 Å². The van der Waals surface area contributed by atoms with E-state index in [1.54, 1.807) is 6.08 Å². The lowest BCUT2D eigenvalue weighted by atomic mass is 10.1. The molecule has 9 heteroatoms. The molecular weight excluding hydrogens is 404 g/mol. The summed E-state index contributed by atoms with van der Waals surface area (Å²) in [5.41, 5.74) is 2.54. The highest BCUT2D eigenvalue weighted by molar-refractivity contribution is 8.18. The second-order valence-electron chi connectivity index (χ2n) is 7.08. The van der Waals surface area contributed by atoms with E-state index >= 15 is 0 Å². The lowest BCUT2D eigenvalue weighted by molar-refractivity contribution is -0.385. The Labute approximate surface area is 177 Å². The number of piperazine rings is 1. The van der Waals surface area contributed by atoms with Crippen molar-refractivity contribution >= 4 is 40.3 Å². The summed E-state index contributed by atoms with van der Waals surface area (Å²) in [4.78, 5) is 31.7. The molecule has 1 saturated heterocycles. The molecule has 8 nitrogen and oxygen atoms in total. The highest BCUT2D eigenvalue weighted by Crippen LogP contribution is 2.33. The van der Waals surface area contributed by atoms with E-state index in [9.17, 15) is 20.0 Å². The van der Waals surface area contributed by atoms with Crippen LogP contribution in [-0.4, -0.2) is 52.2 Å². The van der Waals surface area contributed by atoms with Crippen molar-refractivity contribution in [3.05, 3.63) is 68.6 Å². The van der Waals surface area contributed by atoms with Gasteiger partial charge in [-0.25, -0.2) is 0 Å². The van der Waals surface area contributed by atoms with Crippen LogP contribution in [0, 0.1) is 17.0 Å². The summed E-state index contributed by atoms with van der Waals surface area (Å²) in [6.07, 6.45) is 1.57. The van der Waals surface area contributed by atoms with Crippen molar-refractivity contribution in [3.63, 3.8) is 0 Å². The number of benzene rings is 2. The van der Waals surface area contributed by atoms with Gasteiger partial charge in [0.2, 0.25) is 0 Å². The number of nitro benzene ring substituents is 1. The largest absolute Gasteiger partial charge is 0.502 e. The molecule has 2 aromatic carbocycles. The van der Waals surface area contributed by atoms with Gasteiger partial charge in [0, 0.05) is 37.9 Å². The molecule has 0 aromatic heterocycles. The quantitative estimate of drug-likeness (QED) is 0.458. The van der Waals surface area contributed by atoms with Gasteiger partial charge in [0.25, 0.3) is 5.91 Å². The molecule has 30 heavy (non-hydrogen) atoms. The third-order valence-corrected chi connectivity index (χ3v) is 6.15. The Bertz CT molecular complexity index is 1070. The number of amides is 1.